The van der Waals surface area contributed by atoms with Crippen molar-refractivity contribution in [3.63, 3.8) is 0 Å². The Hall–Kier alpha value is -1.22. The van der Waals surface area contributed by atoms with E-state index in [-0.39, 0.29) is 12.1 Å². The van der Waals surface area contributed by atoms with Crippen LogP contribution in [-0.4, -0.2) is 38.8 Å². The number of hydrogen-bond acceptors (Lipinski definition) is 3. The van der Waals surface area contributed by atoms with Gasteiger partial charge in [-0.1, -0.05) is 24.5 Å². The fraction of sp³-hybridized carbons (Fsp3) is 0.400. The second-order valence-corrected chi connectivity index (χ2v) is 5.21. The van der Waals surface area contributed by atoms with Gasteiger partial charge < -0.3 is 4.74 Å². The van der Waals surface area contributed by atoms with E-state index in [1.54, 1.807) is 6.07 Å². The lowest BCUT2D eigenvalue weighted by atomic mass is 9.96. The molecule has 0 heterocycles. The molecule has 0 aliphatic rings. The Labute approximate surface area is 109 Å². The fourth-order valence-corrected chi connectivity index (χ4v) is 1.97. The standard InChI is InChI=1S/C10H10BF3O4S/c11-5-7-3-1-2-4-8(7)18-9(10(12,13)14)6-19(15,16)17/h1-4,9H,5-6H2,(H,15,16,17). The van der Waals surface area contributed by atoms with Gasteiger partial charge >= 0.3 is 6.18 Å². The van der Waals surface area contributed by atoms with E-state index in [2.05, 4.69) is 4.74 Å². The Balaban J connectivity index is 3.01. The number of benzene rings is 1. The summed E-state index contributed by atoms with van der Waals surface area (Å²) in [5, 5.41) is 0. The molecule has 1 aromatic rings. The highest BCUT2D eigenvalue weighted by atomic mass is 32.2. The van der Waals surface area contributed by atoms with Crippen LogP contribution in [0.3, 0.4) is 0 Å². The first-order valence-electron chi connectivity index (χ1n) is 5.10. The van der Waals surface area contributed by atoms with Gasteiger partial charge in [0.1, 0.15) is 11.5 Å². The van der Waals surface area contributed by atoms with Crippen LogP contribution in [0.5, 0.6) is 5.75 Å². The van der Waals surface area contributed by atoms with Crippen molar-refractivity contribution in [2.75, 3.05) is 5.75 Å². The van der Waals surface area contributed by atoms with Crippen molar-refractivity contribution < 1.29 is 30.9 Å². The van der Waals surface area contributed by atoms with Crippen molar-refractivity contribution in [3.8, 4) is 5.75 Å². The Morgan fingerprint density at radius 2 is 1.89 bits per heavy atom. The van der Waals surface area contributed by atoms with Crippen LogP contribution < -0.4 is 4.74 Å². The third-order valence-corrected chi connectivity index (χ3v) is 2.91. The third kappa shape index (κ3) is 5.11. The molecule has 0 spiro atoms. The zero-order valence-electron chi connectivity index (χ0n) is 9.59. The van der Waals surface area contributed by atoms with Gasteiger partial charge in [0.25, 0.3) is 10.1 Å². The van der Waals surface area contributed by atoms with E-state index >= 15 is 0 Å². The van der Waals surface area contributed by atoms with Crippen LogP contribution in [0.25, 0.3) is 0 Å². The molecule has 104 valence electrons. The summed E-state index contributed by atoms with van der Waals surface area (Å²) < 4.78 is 72.2. The molecule has 9 heteroatoms. The lowest BCUT2D eigenvalue weighted by molar-refractivity contribution is -0.188. The van der Waals surface area contributed by atoms with Gasteiger partial charge in [0.05, 0.1) is 7.85 Å². The fourth-order valence-electron chi connectivity index (χ4n) is 1.33. The molecule has 1 rings (SSSR count). The van der Waals surface area contributed by atoms with Gasteiger partial charge in [0.15, 0.2) is 0 Å². The predicted molar refractivity (Wildman–Crippen MR) is 62.8 cm³/mol. The number of para-hydroxylation sites is 1. The number of hydrogen-bond donors (Lipinski definition) is 1. The van der Waals surface area contributed by atoms with Crippen LogP contribution in [0.4, 0.5) is 13.2 Å². The minimum absolute atomic E-state index is 0.0629. The van der Waals surface area contributed by atoms with E-state index in [9.17, 15) is 21.6 Å². The summed E-state index contributed by atoms with van der Waals surface area (Å²) in [4.78, 5) is 0. The molecule has 2 radical (unpaired) electrons. The third-order valence-electron chi connectivity index (χ3n) is 2.19. The Kier molecular flexibility index (Phi) is 4.86. The van der Waals surface area contributed by atoms with Crippen LogP contribution in [0.1, 0.15) is 5.56 Å². The minimum Gasteiger partial charge on any atom is -0.479 e. The Morgan fingerprint density at radius 3 is 2.37 bits per heavy atom. The van der Waals surface area contributed by atoms with Gasteiger partial charge in [-0.25, -0.2) is 0 Å². The van der Waals surface area contributed by atoms with Crippen molar-refractivity contribution in [2.24, 2.45) is 0 Å². The van der Waals surface area contributed by atoms with Crippen LogP contribution in [-0.2, 0) is 16.4 Å². The molecule has 4 nitrogen and oxygen atoms in total. The molecule has 1 aromatic carbocycles. The number of ether oxygens (including phenoxy) is 1. The van der Waals surface area contributed by atoms with Gasteiger partial charge in [-0.05, 0) is 11.6 Å². The number of rotatable bonds is 5. The smallest absolute Gasteiger partial charge is 0.426 e. The Bertz CT molecular complexity index is 530. The zero-order chi connectivity index (χ0) is 14.7. The van der Waals surface area contributed by atoms with E-state index in [0.717, 1.165) is 0 Å². The van der Waals surface area contributed by atoms with Crippen LogP contribution in [0, 0.1) is 0 Å². The molecule has 0 saturated carbocycles. The largest absolute Gasteiger partial charge is 0.479 e. The molecular weight excluding hydrogens is 284 g/mol. The summed E-state index contributed by atoms with van der Waals surface area (Å²) in [6.07, 6.45) is -7.65. The summed E-state index contributed by atoms with van der Waals surface area (Å²) in [6, 6.07) is 5.68. The molecule has 19 heavy (non-hydrogen) atoms. The van der Waals surface area contributed by atoms with Crippen LogP contribution in [0.15, 0.2) is 24.3 Å². The molecule has 0 aromatic heterocycles. The average Bonchev–Trinajstić information content (AvgIpc) is 2.26. The average molecular weight is 294 g/mol. The zero-order valence-corrected chi connectivity index (χ0v) is 10.4. The van der Waals surface area contributed by atoms with Gasteiger partial charge in [-0.2, -0.15) is 21.6 Å². The van der Waals surface area contributed by atoms with Crippen molar-refractivity contribution in [3.05, 3.63) is 29.8 Å². The summed E-state index contributed by atoms with van der Waals surface area (Å²) in [5.41, 5.74) is 0.298. The monoisotopic (exact) mass is 294 g/mol. The highest BCUT2D eigenvalue weighted by Crippen LogP contribution is 2.28. The highest BCUT2D eigenvalue weighted by Gasteiger charge is 2.44. The second-order valence-electron chi connectivity index (χ2n) is 3.71. The molecule has 1 atom stereocenters. The summed E-state index contributed by atoms with van der Waals surface area (Å²) >= 11 is 0. The predicted octanol–water partition coefficient (Wildman–Crippen LogP) is 1.55. The number of halogens is 3. The first-order valence-corrected chi connectivity index (χ1v) is 6.71. The molecule has 0 aliphatic heterocycles. The highest BCUT2D eigenvalue weighted by molar-refractivity contribution is 7.85. The SMILES string of the molecule is [B]Cc1ccccc1OC(CS(=O)(=O)O)C(F)(F)F. The maximum atomic E-state index is 12.6. The Morgan fingerprint density at radius 1 is 1.32 bits per heavy atom. The molecule has 1 unspecified atom stereocenters. The molecular formula is C10H10BF3O4S. The van der Waals surface area contributed by atoms with Crippen molar-refractivity contribution in [2.45, 2.75) is 18.6 Å². The molecule has 0 bridgehead atoms. The molecule has 0 aliphatic carbocycles. The lowest BCUT2D eigenvalue weighted by Crippen LogP contribution is -2.40. The van der Waals surface area contributed by atoms with E-state index < -0.39 is 28.2 Å². The van der Waals surface area contributed by atoms with E-state index in [1.165, 1.54) is 18.2 Å². The van der Waals surface area contributed by atoms with Crippen LogP contribution in [0.2, 0.25) is 0 Å². The molecule has 0 fully saturated rings. The second kappa shape index (κ2) is 5.83. The van der Waals surface area contributed by atoms with E-state index in [0.29, 0.717) is 5.56 Å². The maximum absolute atomic E-state index is 12.6. The van der Waals surface area contributed by atoms with Crippen molar-refractivity contribution in [1.29, 1.82) is 0 Å². The first kappa shape index (κ1) is 15.8. The number of alkyl halides is 3. The van der Waals surface area contributed by atoms with Crippen molar-refractivity contribution >= 4 is 18.0 Å². The van der Waals surface area contributed by atoms with Crippen LogP contribution >= 0.6 is 0 Å². The summed E-state index contributed by atoms with van der Waals surface area (Å²) in [7, 11) is 0.511. The topological polar surface area (TPSA) is 63.6 Å². The molecule has 0 saturated heterocycles. The van der Waals surface area contributed by atoms with Crippen molar-refractivity contribution in [1.82, 2.24) is 0 Å². The summed E-state index contributed by atoms with van der Waals surface area (Å²) in [6.45, 7) is 0. The molecule has 1 N–H and O–H groups in total. The van der Waals surface area contributed by atoms with E-state index in [1.807, 2.05) is 0 Å². The van der Waals surface area contributed by atoms with Gasteiger partial charge in [-0.15, -0.1) is 0 Å². The quantitative estimate of drug-likeness (QED) is 0.661. The maximum Gasteiger partial charge on any atom is 0.426 e. The summed E-state index contributed by atoms with van der Waals surface area (Å²) in [5.74, 6) is -1.74. The lowest BCUT2D eigenvalue weighted by Gasteiger charge is -2.22. The molecule has 0 amide bonds. The first-order chi connectivity index (χ1) is 8.63. The van der Waals surface area contributed by atoms with Gasteiger partial charge in [0.2, 0.25) is 6.10 Å². The van der Waals surface area contributed by atoms with Gasteiger partial charge in [0, 0.05) is 0 Å². The van der Waals surface area contributed by atoms with Gasteiger partial charge in [-0.3, -0.25) is 4.55 Å². The normalized spacial score (nSPS) is 14.1. The van der Waals surface area contributed by atoms with E-state index in [4.69, 9.17) is 12.4 Å². The minimum atomic E-state index is -4.93.